The minimum Gasteiger partial charge on any atom is -0.378 e. The molecule has 1 atom stereocenters. The van der Waals surface area contributed by atoms with Gasteiger partial charge in [-0.3, -0.25) is 0 Å². The lowest BCUT2D eigenvalue weighted by Gasteiger charge is -2.09. The van der Waals surface area contributed by atoms with Crippen molar-refractivity contribution in [2.24, 2.45) is 0 Å². The molecule has 0 heterocycles. The van der Waals surface area contributed by atoms with Crippen LogP contribution in [0.3, 0.4) is 0 Å². The summed E-state index contributed by atoms with van der Waals surface area (Å²) in [5, 5.41) is 0. The van der Waals surface area contributed by atoms with Gasteiger partial charge in [-0.25, -0.2) is 0 Å². The standard InChI is InChI=1S/C10H13O/c1-9(8-11-2)10-6-4-3-5-7-10/h3-7,9H,2,8H2,1H3. The van der Waals surface area contributed by atoms with Crippen LogP contribution >= 0.6 is 0 Å². The smallest absolute Gasteiger partial charge is 0.0700 e. The first-order valence-corrected chi connectivity index (χ1v) is 3.76. The van der Waals surface area contributed by atoms with Gasteiger partial charge in [0.05, 0.1) is 13.7 Å². The molecule has 1 nitrogen and oxygen atoms in total. The fourth-order valence-corrected chi connectivity index (χ4v) is 1.05. The Balaban J connectivity index is 2.61. The number of hydrogen-bond donors (Lipinski definition) is 0. The minimum absolute atomic E-state index is 0.439. The van der Waals surface area contributed by atoms with E-state index in [4.69, 9.17) is 4.74 Å². The quantitative estimate of drug-likeness (QED) is 0.641. The highest BCUT2D eigenvalue weighted by Crippen LogP contribution is 2.13. The highest BCUT2D eigenvalue weighted by atomic mass is 16.5. The summed E-state index contributed by atoms with van der Waals surface area (Å²) < 4.78 is 4.81. The summed E-state index contributed by atoms with van der Waals surface area (Å²) in [5.41, 5.74) is 1.30. The van der Waals surface area contributed by atoms with Gasteiger partial charge in [-0.05, 0) is 5.56 Å². The van der Waals surface area contributed by atoms with E-state index in [2.05, 4.69) is 26.2 Å². The Morgan fingerprint density at radius 2 is 2.00 bits per heavy atom. The molecule has 0 fully saturated rings. The van der Waals surface area contributed by atoms with Crippen LogP contribution in [0.25, 0.3) is 0 Å². The molecular weight excluding hydrogens is 136 g/mol. The van der Waals surface area contributed by atoms with Crippen molar-refractivity contribution in [2.75, 3.05) is 6.61 Å². The summed E-state index contributed by atoms with van der Waals surface area (Å²) in [6, 6.07) is 10.3. The fraction of sp³-hybridized carbons (Fsp3) is 0.300. The number of hydrogen-bond acceptors (Lipinski definition) is 1. The molecule has 0 aliphatic heterocycles. The third-order valence-electron chi connectivity index (χ3n) is 1.74. The first-order chi connectivity index (χ1) is 5.34. The van der Waals surface area contributed by atoms with Crippen LogP contribution in [0.1, 0.15) is 18.4 Å². The van der Waals surface area contributed by atoms with Gasteiger partial charge < -0.3 is 4.74 Å². The molecule has 1 heteroatoms. The summed E-state index contributed by atoms with van der Waals surface area (Å²) in [4.78, 5) is 0. The van der Waals surface area contributed by atoms with Crippen LogP contribution in [0.5, 0.6) is 0 Å². The van der Waals surface area contributed by atoms with Crippen LogP contribution in [0.15, 0.2) is 30.3 Å². The van der Waals surface area contributed by atoms with E-state index < -0.39 is 0 Å². The molecule has 1 rings (SSSR count). The van der Waals surface area contributed by atoms with Crippen molar-refractivity contribution in [3.63, 3.8) is 0 Å². The fourth-order valence-electron chi connectivity index (χ4n) is 1.05. The molecule has 0 aliphatic carbocycles. The van der Waals surface area contributed by atoms with Gasteiger partial charge in [0.1, 0.15) is 0 Å². The Labute approximate surface area is 68.0 Å². The third kappa shape index (κ3) is 2.35. The zero-order valence-electron chi connectivity index (χ0n) is 6.79. The van der Waals surface area contributed by atoms with Gasteiger partial charge in [0, 0.05) is 5.92 Å². The van der Waals surface area contributed by atoms with E-state index in [0.29, 0.717) is 12.5 Å². The average molecular weight is 149 g/mol. The van der Waals surface area contributed by atoms with Gasteiger partial charge in [0.25, 0.3) is 0 Å². The van der Waals surface area contributed by atoms with Crippen molar-refractivity contribution < 1.29 is 4.74 Å². The van der Waals surface area contributed by atoms with E-state index in [0.717, 1.165) is 0 Å². The Kier molecular flexibility index (Phi) is 3.12. The van der Waals surface area contributed by atoms with E-state index >= 15 is 0 Å². The SMILES string of the molecule is [CH2]OCC(C)c1ccccc1. The molecule has 0 amide bonds. The zero-order valence-corrected chi connectivity index (χ0v) is 6.79. The predicted octanol–water partition coefficient (Wildman–Crippen LogP) is 2.60. The van der Waals surface area contributed by atoms with E-state index in [-0.39, 0.29) is 0 Å². The maximum atomic E-state index is 4.81. The van der Waals surface area contributed by atoms with E-state index in [1.807, 2.05) is 18.2 Å². The summed E-state index contributed by atoms with van der Waals surface area (Å²) >= 11 is 0. The monoisotopic (exact) mass is 149 g/mol. The lowest BCUT2D eigenvalue weighted by Crippen LogP contribution is -1.99. The molecule has 11 heavy (non-hydrogen) atoms. The Morgan fingerprint density at radius 1 is 1.36 bits per heavy atom. The van der Waals surface area contributed by atoms with Crippen molar-refractivity contribution >= 4 is 0 Å². The molecule has 59 valence electrons. The zero-order chi connectivity index (χ0) is 8.10. The molecule has 0 spiro atoms. The minimum atomic E-state index is 0.439. The van der Waals surface area contributed by atoms with Crippen LogP contribution in [-0.4, -0.2) is 6.61 Å². The summed E-state index contributed by atoms with van der Waals surface area (Å²) in [6.45, 7) is 2.81. The van der Waals surface area contributed by atoms with Gasteiger partial charge >= 0.3 is 0 Å². The van der Waals surface area contributed by atoms with E-state index in [1.54, 1.807) is 0 Å². The highest BCUT2D eigenvalue weighted by molar-refractivity contribution is 5.18. The van der Waals surface area contributed by atoms with Gasteiger partial charge in [0.2, 0.25) is 0 Å². The first-order valence-electron chi connectivity index (χ1n) is 3.76. The summed E-state index contributed by atoms with van der Waals surface area (Å²) in [6.07, 6.45) is 0. The van der Waals surface area contributed by atoms with Gasteiger partial charge in [-0.15, -0.1) is 0 Å². The second-order valence-corrected chi connectivity index (χ2v) is 2.68. The molecular formula is C10H13O. The predicted molar refractivity (Wildman–Crippen MR) is 46.2 cm³/mol. The summed E-state index contributed by atoms with van der Waals surface area (Å²) in [7, 11) is 3.35. The molecule has 1 aromatic rings. The Bertz CT molecular complexity index is 193. The highest BCUT2D eigenvalue weighted by Gasteiger charge is 2.02. The number of rotatable bonds is 3. The second-order valence-electron chi connectivity index (χ2n) is 2.68. The molecule has 0 aromatic heterocycles. The van der Waals surface area contributed by atoms with Gasteiger partial charge in [-0.1, -0.05) is 37.3 Å². The number of ether oxygens (including phenoxy) is 1. The maximum Gasteiger partial charge on any atom is 0.0700 e. The van der Waals surface area contributed by atoms with E-state index in [1.165, 1.54) is 5.56 Å². The average Bonchev–Trinajstić information content (AvgIpc) is 2.07. The molecule has 1 aromatic carbocycles. The topological polar surface area (TPSA) is 9.23 Å². The molecule has 0 saturated carbocycles. The van der Waals surface area contributed by atoms with Crippen LogP contribution in [-0.2, 0) is 4.74 Å². The summed E-state index contributed by atoms with van der Waals surface area (Å²) in [5.74, 6) is 0.439. The van der Waals surface area contributed by atoms with Crippen molar-refractivity contribution in [3.8, 4) is 0 Å². The van der Waals surface area contributed by atoms with Crippen LogP contribution in [0.2, 0.25) is 0 Å². The Morgan fingerprint density at radius 3 is 2.55 bits per heavy atom. The molecule has 0 bridgehead atoms. The second kappa shape index (κ2) is 4.14. The third-order valence-corrected chi connectivity index (χ3v) is 1.74. The lowest BCUT2D eigenvalue weighted by molar-refractivity contribution is 0.225. The van der Waals surface area contributed by atoms with Crippen molar-refractivity contribution in [3.05, 3.63) is 43.0 Å². The van der Waals surface area contributed by atoms with Crippen LogP contribution in [0.4, 0.5) is 0 Å². The largest absolute Gasteiger partial charge is 0.378 e. The molecule has 0 aliphatic rings. The van der Waals surface area contributed by atoms with Crippen LogP contribution < -0.4 is 0 Å². The molecule has 1 radical (unpaired) electrons. The Hall–Kier alpha value is -0.820. The molecule has 0 N–H and O–H groups in total. The van der Waals surface area contributed by atoms with Gasteiger partial charge in [-0.2, -0.15) is 0 Å². The van der Waals surface area contributed by atoms with Gasteiger partial charge in [0.15, 0.2) is 0 Å². The number of benzene rings is 1. The van der Waals surface area contributed by atoms with Crippen molar-refractivity contribution in [1.29, 1.82) is 0 Å². The maximum absolute atomic E-state index is 4.81. The molecule has 0 saturated heterocycles. The van der Waals surface area contributed by atoms with Crippen molar-refractivity contribution in [1.82, 2.24) is 0 Å². The van der Waals surface area contributed by atoms with Crippen molar-refractivity contribution in [2.45, 2.75) is 12.8 Å². The molecule has 1 unspecified atom stereocenters. The van der Waals surface area contributed by atoms with E-state index in [9.17, 15) is 0 Å². The van der Waals surface area contributed by atoms with Crippen LogP contribution in [0, 0.1) is 7.11 Å². The first kappa shape index (κ1) is 8.28. The lowest BCUT2D eigenvalue weighted by atomic mass is 10.0. The normalized spacial score (nSPS) is 12.9.